The highest BCUT2D eigenvalue weighted by Gasteiger charge is 2.34. The van der Waals surface area contributed by atoms with Crippen molar-refractivity contribution >= 4 is 17.9 Å². The van der Waals surface area contributed by atoms with Crippen molar-refractivity contribution in [1.82, 2.24) is 20.1 Å². The first-order chi connectivity index (χ1) is 25.1. The van der Waals surface area contributed by atoms with Crippen LogP contribution in [0.2, 0.25) is 0 Å². The zero-order valence-electron chi connectivity index (χ0n) is 29.0. The van der Waals surface area contributed by atoms with E-state index < -0.39 is 23.6 Å². The smallest absolute Gasteiger partial charge is 0.348 e. The number of aryl methyl sites for hydroxylation is 1. The summed E-state index contributed by atoms with van der Waals surface area (Å²) in [5, 5.41) is 2.99. The Hall–Kier alpha value is -5.54. The number of hydrogen-bond acceptors (Lipinski definition) is 4. The van der Waals surface area contributed by atoms with E-state index in [0.29, 0.717) is 31.7 Å². The fourth-order valence-electron chi connectivity index (χ4n) is 6.36. The van der Waals surface area contributed by atoms with Gasteiger partial charge in [0, 0.05) is 56.6 Å². The van der Waals surface area contributed by atoms with Crippen LogP contribution >= 0.6 is 0 Å². The summed E-state index contributed by atoms with van der Waals surface area (Å²) in [7, 11) is 0. The number of halogens is 3. The third-order valence-corrected chi connectivity index (χ3v) is 9.36. The molecule has 2 amide bonds. The van der Waals surface area contributed by atoms with Crippen LogP contribution in [0.15, 0.2) is 133 Å². The fourth-order valence-corrected chi connectivity index (χ4v) is 6.36. The first kappa shape index (κ1) is 36.3. The van der Waals surface area contributed by atoms with Gasteiger partial charge in [-0.05, 0) is 65.9 Å². The average molecular weight is 703 g/mol. The zero-order chi connectivity index (χ0) is 36.5. The fraction of sp³-hybridized carbons (Fsp3) is 0.233. The van der Waals surface area contributed by atoms with E-state index in [0.717, 1.165) is 41.1 Å². The highest BCUT2D eigenvalue weighted by molar-refractivity contribution is 6.04. The molecular formula is C43H41F3N4O2. The van der Waals surface area contributed by atoms with Crippen LogP contribution in [0, 0.1) is 12.8 Å². The normalized spacial score (nSPS) is 14.5. The predicted molar refractivity (Wildman–Crippen MR) is 198 cm³/mol. The van der Waals surface area contributed by atoms with Gasteiger partial charge in [-0.2, -0.15) is 13.2 Å². The third kappa shape index (κ3) is 9.61. The Morgan fingerprint density at radius 2 is 1.42 bits per heavy atom. The maximum Gasteiger partial charge on any atom is 0.416 e. The summed E-state index contributed by atoms with van der Waals surface area (Å²) in [4.78, 5) is 37.2. The number of carbonyl (C=O) groups is 2. The van der Waals surface area contributed by atoms with Crippen molar-refractivity contribution in [2.24, 2.45) is 5.92 Å². The summed E-state index contributed by atoms with van der Waals surface area (Å²) in [6.45, 7) is 5.37. The molecule has 6 nitrogen and oxygen atoms in total. The molecule has 0 spiro atoms. The highest BCUT2D eigenvalue weighted by atomic mass is 19.4. The molecule has 4 aromatic carbocycles. The Labute approximate surface area is 302 Å². The summed E-state index contributed by atoms with van der Waals surface area (Å²) < 4.78 is 40.2. The molecule has 0 unspecified atom stereocenters. The van der Waals surface area contributed by atoms with Crippen molar-refractivity contribution in [2.45, 2.75) is 32.6 Å². The SMILES string of the molecule is Cc1ccc(CN2CCN(C(=O)[C@@H](Cc3ccccc3)C(=Cc3ccc(C(F)(F)F)cc3)C(=O)NCc3ccc(-c4ccccn4)cc3)CC2)cc1. The van der Waals surface area contributed by atoms with Crippen molar-refractivity contribution in [3.8, 4) is 11.3 Å². The molecule has 9 heteroatoms. The van der Waals surface area contributed by atoms with E-state index in [9.17, 15) is 22.8 Å². The van der Waals surface area contributed by atoms with E-state index in [4.69, 9.17) is 0 Å². The molecule has 6 rings (SSSR count). The molecule has 1 aliphatic rings. The van der Waals surface area contributed by atoms with E-state index in [1.165, 1.54) is 23.3 Å². The van der Waals surface area contributed by atoms with Crippen LogP contribution < -0.4 is 5.32 Å². The van der Waals surface area contributed by atoms with Crippen LogP contribution in [0.3, 0.4) is 0 Å². The third-order valence-electron chi connectivity index (χ3n) is 9.36. The average Bonchev–Trinajstić information content (AvgIpc) is 3.17. The number of hydrogen-bond donors (Lipinski definition) is 1. The Morgan fingerprint density at radius 1 is 0.769 bits per heavy atom. The van der Waals surface area contributed by atoms with Gasteiger partial charge in [0.05, 0.1) is 17.2 Å². The maximum absolute atomic E-state index is 14.5. The minimum absolute atomic E-state index is 0.188. The second kappa shape index (κ2) is 16.7. The van der Waals surface area contributed by atoms with Crippen LogP contribution in [0.4, 0.5) is 13.2 Å². The van der Waals surface area contributed by atoms with Gasteiger partial charge in [-0.3, -0.25) is 19.5 Å². The lowest BCUT2D eigenvalue weighted by molar-refractivity contribution is -0.138. The monoisotopic (exact) mass is 702 g/mol. The standard InChI is InChI=1S/C43H41F3N4O2/c1-31-10-12-35(13-11-31)30-49-23-25-50(26-24-49)42(52)39(28-32-7-3-2-4-8-32)38(27-33-16-20-37(21-17-33)43(44,45)46)41(51)48-29-34-14-18-36(19-15-34)40-9-5-6-22-47-40/h2-22,27,39H,23-26,28-30H2,1H3,(H,48,51)/t39-/m0/s1. The number of piperazine rings is 1. The van der Waals surface area contributed by atoms with Crippen LogP contribution in [0.5, 0.6) is 0 Å². The van der Waals surface area contributed by atoms with Gasteiger partial charge in [0.1, 0.15) is 0 Å². The van der Waals surface area contributed by atoms with Crippen molar-refractivity contribution in [3.63, 3.8) is 0 Å². The molecular weight excluding hydrogens is 661 g/mol. The Morgan fingerprint density at radius 3 is 2.06 bits per heavy atom. The lowest BCUT2D eigenvalue weighted by atomic mass is 9.88. The molecule has 1 N–H and O–H groups in total. The van der Waals surface area contributed by atoms with Gasteiger partial charge < -0.3 is 10.2 Å². The first-order valence-electron chi connectivity index (χ1n) is 17.4. The number of nitrogens with zero attached hydrogens (tertiary/aromatic N) is 3. The van der Waals surface area contributed by atoms with Crippen LogP contribution in [-0.4, -0.2) is 52.8 Å². The Balaban J connectivity index is 1.26. The van der Waals surface area contributed by atoms with Gasteiger partial charge in [-0.1, -0.05) is 103 Å². The molecule has 266 valence electrons. The molecule has 5 aromatic rings. The molecule has 2 heterocycles. The second-order valence-electron chi connectivity index (χ2n) is 13.1. The Kier molecular flexibility index (Phi) is 11.6. The summed E-state index contributed by atoms with van der Waals surface area (Å²) in [6.07, 6.45) is -0.963. The molecule has 1 saturated heterocycles. The second-order valence-corrected chi connectivity index (χ2v) is 13.1. The molecule has 1 aromatic heterocycles. The summed E-state index contributed by atoms with van der Waals surface area (Å²) >= 11 is 0. The van der Waals surface area contributed by atoms with Crippen LogP contribution in [-0.2, 0) is 35.3 Å². The molecule has 0 saturated carbocycles. The zero-order valence-corrected chi connectivity index (χ0v) is 29.0. The van der Waals surface area contributed by atoms with E-state index in [2.05, 4.69) is 46.4 Å². The van der Waals surface area contributed by atoms with Gasteiger partial charge in [0.2, 0.25) is 11.8 Å². The number of rotatable bonds is 11. The summed E-state index contributed by atoms with van der Waals surface area (Å²) in [5.74, 6) is -1.52. The lowest BCUT2D eigenvalue weighted by Crippen LogP contribution is -2.51. The van der Waals surface area contributed by atoms with Crippen LogP contribution in [0.1, 0.15) is 33.4 Å². The minimum atomic E-state index is -4.50. The number of nitrogens with one attached hydrogen (secondary N) is 1. The van der Waals surface area contributed by atoms with Crippen LogP contribution in [0.25, 0.3) is 17.3 Å². The van der Waals surface area contributed by atoms with Gasteiger partial charge in [0.15, 0.2) is 0 Å². The van der Waals surface area contributed by atoms with E-state index >= 15 is 0 Å². The minimum Gasteiger partial charge on any atom is -0.348 e. The molecule has 0 bridgehead atoms. The summed E-state index contributed by atoms with van der Waals surface area (Å²) in [5.41, 5.74) is 5.69. The molecule has 1 aliphatic heterocycles. The summed E-state index contributed by atoms with van der Waals surface area (Å²) in [6, 6.07) is 35.9. The largest absolute Gasteiger partial charge is 0.416 e. The first-order valence-corrected chi connectivity index (χ1v) is 17.4. The molecule has 0 aliphatic carbocycles. The topological polar surface area (TPSA) is 65.5 Å². The number of aromatic nitrogens is 1. The van der Waals surface area contributed by atoms with Crippen molar-refractivity contribution < 1.29 is 22.8 Å². The van der Waals surface area contributed by atoms with E-state index in [1.807, 2.05) is 77.7 Å². The molecule has 0 radical (unpaired) electrons. The van der Waals surface area contributed by atoms with E-state index in [1.54, 1.807) is 12.3 Å². The number of carbonyl (C=O) groups excluding carboxylic acids is 2. The van der Waals surface area contributed by atoms with Crippen molar-refractivity contribution in [2.75, 3.05) is 26.2 Å². The number of benzene rings is 4. The van der Waals surface area contributed by atoms with Gasteiger partial charge in [0.25, 0.3) is 0 Å². The van der Waals surface area contributed by atoms with Gasteiger partial charge in [-0.15, -0.1) is 0 Å². The quantitative estimate of drug-likeness (QED) is 0.142. The molecule has 1 fully saturated rings. The number of pyridine rings is 1. The van der Waals surface area contributed by atoms with Gasteiger partial charge >= 0.3 is 6.18 Å². The number of amides is 2. The Bertz CT molecular complexity index is 1950. The van der Waals surface area contributed by atoms with Crippen molar-refractivity contribution in [1.29, 1.82) is 0 Å². The lowest BCUT2D eigenvalue weighted by Gasteiger charge is -2.37. The molecule has 1 atom stereocenters. The maximum atomic E-state index is 14.5. The van der Waals surface area contributed by atoms with Gasteiger partial charge in [-0.25, -0.2) is 0 Å². The predicted octanol–water partition coefficient (Wildman–Crippen LogP) is 7.98. The highest BCUT2D eigenvalue weighted by Crippen LogP contribution is 2.30. The van der Waals surface area contributed by atoms with Crippen molar-refractivity contribution in [3.05, 3.63) is 166 Å². The number of alkyl halides is 3. The molecule has 52 heavy (non-hydrogen) atoms. The van der Waals surface area contributed by atoms with E-state index in [-0.39, 0.29) is 24.4 Å².